The standard InChI is InChI=1S/C13H18Cl2N2O/c1-8(2)4-5-17(3)13(18)10-6-9(16)7-11(14)12(10)15/h6-8H,4-5,16H2,1-3H3. The van der Waals surface area contributed by atoms with E-state index in [0.29, 0.717) is 28.7 Å². The van der Waals surface area contributed by atoms with Crippen LogP contribution in [0.15, 0.2) is 12.1 Å². The van der Waals surface area contributed by atoms with Gasteiger partial charge in [-0.3, -0.25) is 4.79 Å². The first-order valence-electron chi connectivity index (χ1n) is 5.83. The maximum atomic E-state index is 12.2. The third kappa shape index (κ3) is 3.79. The second kappa shape index (κ2) is 6.30. The third-order valence-corrected chi connectivity index (χ3v) is 3.47. The molecule has 0 heterocycles. The summed E-state index contributed by atoms with van der Waals surface area (Å²) in [6, 6.07) is 3.09. The summed E-state index contributed by atoms with van der Waals surface area (Å²) in [4.78, 5) is 13.8. The van der Waals surface area contributed by atoms with Gasteiger partial charge in [0.1, 0.15) is 0 Å². The molecule has 0 saturated carbocycles. The highest BCUT2D eigenvalue weighted by molar-refractivity contribution is 6.44. The van der Waals surface area contributed by atoms with E-state index in [0.717, 1.165) is 6.42 Å². The van der Waals surface area contributed by atoms with Crippen LogP contribution < -0.4 is 5.73 Å². The molecule has 0 spiro atoms. The monoisotopic (exact) mass is 288 g/mol. The van der Waals surface area contributed by atoms with Gasteiger partial charge in [0.05, 0.1) is 15.6 Å². The normalized spacial score (nSPS) is 10.8. The Bertz CT molecular complexity index is 447. The predicted octanol–water partition coefficient (Wildman–Crippen LogP) is 3.69. The average molecular weight is 289 g/mol. The highest BCUT2D eigenvalue weighted by Crippen LogP contribution is 2.29. The third-order valence-electron chi connectivity index (χ3n) is 2.67. The number of nitrogen functional groups attached to an aromatic ring is 1. The van der Waals surface area contributed by atoms with Gasteiger partial charge in [0.25, 0.3) is 5.91 Å². The fourth-order valence-electron chi connectivity index (χ4n) is 1.52. The topological polar surface area (TPSA) is 46.3 Å². The molecule has 0 aliphatic heterocycles. The summed E-state index contributed by atoms with van der Waals surface area (Å²) >= 11 is 11.9. The van der Waals surface area contributed by atoms with Gasteiger partial charge in [-0.2, -0.15) is 0 Å². The number of hydrogen-bond acceptors (Lipinski definition) is 2. The molecule has 0 fully saturated rings. The molecule has 0 bridgehead atoms. The zero-order valence-electron chi connectivity index (χ0n) is 10.8. The van der Waals surface area contributed by atoms with Gasteiger partial charge in [0.15, 0.2) is 0 Å². The van der Waals surface area contributed by atoms with E-state index >= 15 is 0 Å². The maximum absolute atomic E-state index is 12.2. The van der Waals surface area contributed by atoms with E-state index < -0.39 is 0 Å². The summed E-state index contributed by atoms with van der Waals surface area (Å²) in [5.41, 5.74) is 6.46. The van der Waals surface area contributed by atoms with Crippen LogP contribution in [0.3, 0.4) is 0 Å². The van der Waals surface area contributed by atoms with Crippen molar-refractivity contribution < 1.29 is 4.79 Å². The first kappa shape index (κ1) is 15.1. The lowest BCUT2D eigenvalue weighted by Crippen LogP contribution is -2.28. The number of rotatable bonds is 4. The molecule has 0 saturated heterocycles. The Balaban J connectivity index is 2.90. The van der Waals surface area contributed by atoms with Crippen molar-refractivity contribution in [3.8, 4) is 0 Å². The number of benzene rings is 1. The largest absolute Gasteiger partial charge is 0.399 e. The van der Waals surface area contributed by atoms with Crippen LogP contribution in [-0.4, -0.2) is 24.4 Å². The molecule has 1 amide bonds. The second-order valence-electron chi connectivity index (χ2n) is 4.77. The van der Waals surface area contributed by atoms with Crippen LogP contribution in [0.25, 0.3) is 0 Å². The van der Waals surface area contributed by atoms with Crippen molar-refractivity contribution in [3.63, 3.8) is 0 Å². The zero-order valence-corrected chi connectivity index (χ0v) is 12.3. The minimum Gasteiger partial charge on any atom is -0.399 e. The molecule has 5 heteroatoms. The van der Waals surface area contributed by atoms with Crippen LogP contribution in [0.1, 0.15) is 30.6 Å². The van der Waals surface area contributed by atoms with Gasteiger partial charge in [0.2, 0.25) is 0 Å². The van der Waals surface area contributed by atoms with Crippen LogP contribution in [0, 0.1) is 5.92 Å². The molecule has 1 aromatic rings. The number of anilines is 1. The molecule has 3 nitrogen and oxygen atoms in total. The molecule has 18 heavy (non-hydrogen) atoms. The number of halogens is 2. The smallest absolute Gasteiger partial charge is 0.255 e. The minimum absolute atomic E-state index is 0.158. The molecule has 0 aliphatic carbocycles. The second-order valence-corrected chi connectivity index (χ2v) is 5.56. The van der Waals surface area contributed by atoms with E-state index in [2.05, 4.69) is 13.8 Å². The lowest BCUT2D eigenvalue weighted by atomic mass is 10.1. The van der Waals surface area contributed by atoms with E-state index in [4.69, 9.17) is 28.9 Å². The fraction of sp³-hybridized carbons (Fsp3) is 0.462. The van der Waals surface area contributed by atoms with Crippen LogP contribution >= 0.6 is 23.2 Å². The number of amides is 1. The Hall–Kier alpha value is -0.930. The first-order chi connectivity index (χ1) is 8.32. The lowest BCUT2D eigenvalue weighted by Gasteiger charge is -2.19. The van der Waals surface area contributed by atoms with Gasteiger partial charge < -0.3 is 10.6 Å². The number of carbonyl (C=O) groups is 1. The molecule has 0 unspecified atom stereocenters. The summed E-state index contributed by atoms with van der Waals surface area (Å²) in [6.07, 6.45) is 0.940. The number of hydrogen-bond donors (Lipinski definition) is 1. The Morgan fingerprint density at radius 2 is 2.00 bits per heavy atom. The maximum Gasteiger partial charge on any atom is 0.255 e. The SMILES string of the molecule is CC(C)CCN(C)C(=O)c1cc(N)cc(Cl)c1Cl. The van der Waals surface area contributed by atoms with Crippen LogP contribution in [0.2, 0.25) is 10.0 Å². The van der Waals surface area contributed by atoms with Crippen molar-refractivity contribution in [2.45, 2.75) is 20.3 Å². The van der Waals surface area contributed by atoms with Gasteiger partial charge in [-0.15, -0.1) is 0 Å². The lowest BCUT2D eigenvalue weighted by molar-refractivity contribution is 0.0789. The van der Waals surface area contributed by atoms with Crippen molar-refractivity contribution in [3.05, 3.63) is 27.7 Å². The predicted molar refractivity (Wildman–Crippen MR) is 77.3 cm³/mol. The van der Waals surface area contributed by atoms with E-state index in [1.807, 2.05) is 0 Å². The fourth-order valence-corrected chi connectivity index (χ4v) is 1.94. The molecule has 1 aromatic carbocycles. The first-order valence-corrected chi connectivity index (χ1v) is 6.58. The molecule has 2 N–H and O–H groups in total. The van der Waals surface area contributed by atoms with Gasteiger partial charge >= 0.3 is 0 Å². The molecule has 0 atom stereocenters. The van der Waals surface area contributed by atoms with Crippen LogP contribution in [0.5, 0.6) is 0 Å². The summed E-state index contributed by atoms with van der Waals surface area (Å²) < 4.78 is 0. The molecular weight excluding hydrogens is 271 g/mol. The minimum atomic E-state index is -0.158. The van der Waals surface area contributed by atoms with Crippen molar-refractivity contribution in [1.82, 2.24) is 4.90 Å². The Morgan fingerprint density at radius 3 is 2.56 bits per heavy atom. The van der Waals surface area contributed by atoms with E-state index in [-0.39, 0.29) is 10.9 Å². The van der Waals surface area contributed by atoms with Crippen molar-refractivity contribution in [1.29, 1.82) is 0 Å². The summed E-state index contributed by atoms with van der Waals surface area (Å²) in [5.74, 6) is 0.384. The van der Waals surface area contributed by atoms with Crippen molar-refractivity contribution >= 4 is 34.8 Å². The Kier molecular flexibility index (Phi) is 5.29. The average Bonchev–Trinajstić information content (AvgIpc) is 2.29. The van der Waals surface area contributed by atoms with Crippen molar-refractivity contribution in [2.75, 3.05) is 19.3 Å². The number of nitrogens with zero attached hydrogens (tertiary/aromatic N) is 1. The molecular formula is C13H18Cl2N2O. The van der Waals surface area contributed by atoms with Gasteiger partial charge in [0, 0.05) is 19.3 Å². The quantitative estimate of drug-likeness (QED) is 0.859. The van der Waals surface area contributed by atoms with Gasteiger partial charge in [-0.25, -0.2) is 0 Å². The number of nitrogens with two attached hydrogens (primary N) is 1. The molecule has 0 aliphatic rings. The summed E-state index contributed by atoms with van der Waals surface area (Å²) in [7, 11) is 1.75. The van der Waals surface area contributed by atoms with Crippen molar-refractivity contribution in [2.24, 2.45) is 5.92 Å². The highest BCUT2D eigenvalue weighted by Gasteiger charge is 2.17. The Labute approximate surface area is 118 Å². The number of carbonyl (C=O) groups excluding carboxylic acids is 1. The van der Waals surface area contributed by atoms with Crippen LogP contribution in [0.4, 0.5) is 5.69 Å². The van der Waals surface area contributed by atoms with Crippen LogP contribution in [-0.2, 0) is 0 Å². The summed E-state index contributed by atoms with van der Waals surface area (Å²) in [5, 5.41) is 0.560. The molecule has 100 valence electrons. The van der Waals surface area contributed by atoms with Gasteiger partial charge in [-0.05, 0) is 24.5 Å². The molecule has 0 aromatic heterocycles. The zero-order chi connectivity index (χ0) is 13.9. The highest BCUT2D eigenvalue weighted by atomic mass is 35.5. The summed E-state index contributed by atoms with van der Waals surface area (Å²) in [6.45, 7) is 4.91. The van der Waals surface area contributed by atoms with E-state index in [1.54, 1.807) is 18.0 Å². The van der Waals surface area contributed by atoms with E-state index in [1.165, 1.54) is 6.07 Å². The van der Waals surface area contributed by atoms with E-state index in [9.17, 15) is 4.79 Å². The molecule has 0 radical (unpaired) electrons. The van der Waals surface area contributed by atoms with Gasteiger partial charge in [-0.1, -0.05) is 37.0 Å². The molecule has 1 rings (SSSR count). The Morgan fingerprint density at radius 1 is 1.39 bits per heavy atom.